The molecule has 2 N–H and O–H groups in total. The number of pyridine rings is 1. The second-order valence-corrected chi connectivity index (χ2v) is 6.39. The quantitative estimate of drug-likeness (QED) is 0.388. The number of halogens is 2. The molecule has 0 unspecified atom stereocenters. The van der Waals surface area contributed by atoms with Gasteiger partial charge in [0.25, 0.3) is 5.78 Å². The zero-order valence-electron chi connectivity index (χ0n) is 14.2. The molecule has 142 valence electrons. The zero-order chi connectivity index (χ0) is 20.4. The van der Waals surface area contributed by atoms with E-state index in [-0.39, 0.29) is 17.5 Å². The van der Waals surface area contributed by atoms with Crippen LogP contribution in [-0.2, 0) is 16.1 Å². The number of nitrogens with zero attached hydrogens (tertiary/aromatic N) is 1. The van der Waals surface area contributed by atoms with Gasteiger partial charge in [-0.25, -0.2) is 9.18 Å². The monoisotopic (exact) mass is 401 g/mol. The van der Waals surface area contributed by atoms with Crippen molar-refractivity contribution in [2.45, 2.75) is 6.54 Å². The average molecular weight is 402 g/mol. The number of fused-ring (bicyclic) bond motifs is 1. The molecule has 28 heavy (non-hydrogen) atoms. The van der Waals surface area contributed by atoms with Gasteiger partial charge in [0.2, 0.25) is 0 Å². The van der Waals surface area contributed by atoms with Crippen molar-refractivity contribution >= 4 is 40.0 Å². The summed E-state index contributed by atoms with van der Waals surface area (Å²) < 4.78 is 15.6. The van der Waals surface area contributed by atoms with Crippen LogP contribution in [0.1, 0.15) is 11.1 Å². The summed E-state index contributed by atoms with van der Waals surface area (Å²) >= 11 is 6.02. The van der Waals surface area contributed by atoms with E-state index in [0.717, 1.165) is 0 Å². The summed E-state index contributed by atoms with van der Waals surface area (Å²) in [6.07, 6.45) is 1.68. The molecule has 2 aromatic carbocycles. The highest BCUT2D eigenvalue weighted by atomic mass is 35.5. The highest BCUT2D eigenvalue weighted by Gasteiger charge is 2.17. The molecule has 6 nitrogen and oxygen atoms in total. The molecule has 0 radical (unpaired) electrons. The third-order valence-corrected chi connectivity index (χ3v) is 4.33. The second-order valence-electron chi connectivity index (χ2n) is 5.95. The van der Waals surface area contributed by atoms with Crippen LogP contribution in [0.5, 0.6) is 0 Å². The van der Waals surface area contributed by atoms with Crippen LogP contribution >= 0.6 is 11.6 Å². The number of carbonyl (C=O) groups excluding carboxylic acids is 1. The van der Waals surface area contributed by atoms with Gasteiger partial charge in [0.05, 0.1) is 17.6 Å². The van der Waals surface area contributed by atoms with E-state index < -0.39 is 28.8 Å². The molecule has 0 aliphatic heterocycles. The van der Waals surface area contributed by atoms with Gasteiger partial charge in [0.1, 0.15) is 11.6 Å². The van der Waals surface area contributed by atoms with E-state index in [1.807, 2.05) is 0 Å². The van der Waals surface area contributed by atoms with Crippen LogP contribution in [0, 0.1) is 5.82 Å². The zero-order valence-corrected chi connectivity index (χ0v) is 15.0. The number of aromatic nitrogens is 1. The third-order valence-electron chi connectivity index (χ3n) is 4.10. The van der Waals surface area contributed by atoms with E-state index in [9.17, 15) is 23.9 Å². The number of hydrogen-bond donors (Lipinski definition) is 2. The maximum atomic E-state index is 14.1. The van der Waals surface area contributed by atoms with E-state index in [1.54, 1.807) is 12.1 Å². The first-order valence-corrected chi connectivity index (χ1v) is 8.40. The SMILES string of the molecule is O=C(O)C(=O)/C=C(\O)c1cn(Cc2ccccc2F)c2cc(Cl)ccc2c1=O. The minimum atomic E-state index is -1.77. The lowest BCUT2D eigenvalue weighted by Crippen LogP contribution is -2.17. The van der Waals surface area contributed by atoms with Crippen LogP contribution in [0.3, 0.4) is 0 Å². The third kappa shape index (κ3) is 3.79. The number of rotatable bonds is 5. The molecule has 0 saturated carbocycles. The van der Waals surface area contributed by atoms with Gasteiger partial charge in [-0.2, -0.15) is 0 Å². The molecule has 0 amide bonds. The molecule has 0 bridgehead atoms. The van der Waals surface area contributed by atoms with Gasteiger partial charge in [-0.15, -0.1) is 0 Å². The number of aliphatic hydroxyl groups excluding tert-OH is 1. The number of aliphatic hydroxyl groups is 1. The average Bonchev–Trinajstić information content (AvgIpc) is 2.65. The predicted molar refractivity (Wildman–Crippen MR) is 102 cm³/mol. The predicted octanol–water partition coefficient (Wildman–Crippen LogP) is 3.39. The topological polar surface area (TPSA) is 96.6 Å². The molecule has 3 rings (SSSR count). The molecule has 1 aromatic heterocycles. The Labute approximate surface area is 162 Å². The fourth-order valence-corrected chi connectivity index (χ4v) is 2.92. The molecular weight excluding hydrogens is 389 g/mol. The molecule has 0 saturated heterocycles. The molecular formula is C20H13ClFNO5. The van der Waals surface area contributed by atoms with E-state index >= 15 is 0 Å². The van der Waals surface area contributed by atoms with Gasteiger partial charge in [0, 0.05) is 28.2 Å². The maximum absolute atomic E-state index is 14.1. The second kappa shape index (κ2) is 7.66. The first-order chi connectivity index (χ1) is 13.3. The Morgan fingerprint density at radius 2 is 1.86 bits per heavy atom. The lowest BCUT2D eigenvalue weighted by Gasteiger charge is -2.14. The first kappa shape index (κ1) is 19.3. The lowest BCUT2D eigenvalue weighted by molar-refractivity contribution is -0.146. The Hall–Kier alpha value is -3.45. The molecule has 0 spiro atoms. The summed E-state index contributed by atoms with van der Waals surface area (Å²) in [5.41, 5.74) is -0.200. The molecule has 1 heterocycles. The van der Waals surface area contributed by atoms with Gasteiger partial charge in [-0.3, -0.25) is 9.59 Å². The Morgan fingerprint density at radius 3 is 2.54 bits per heavy atom. The Balaban J connectivity index is 2.24. The number of aliphatic carboxylic acids is 1. The summed E-state index contributed by atoms with van der Waals surface area (Å²) in [4.78, 5) is 34.8. The Morgan fingerprint density at radius 1 is 1.14 bits per heavy atom. The Bertz CT molecular complexity index is 1200. The van der Waals surface area contributed by atoms with E-state index in [2.05, 4.69) is 0 Å². The van der Waals surface area contributed by atoms with Crippen LogP contribution < -0.4 is 5.43 Å². The molecule has 0 atom stereocenters. The summed E-state index contributed by atoms with van der Waals surface area (Å²) in [6.45, 7) is 0.0109. The van der Waals surface area contributed by atoms with Crippen molar-refractivity contribution in [1.29, 1.82) is 0 Å². The van der Waals surface area contributed by atoms with Gasteiger partial charge in [-0.05, 0) is 24.3 Å². The van der Waals surface area contributed by atoms with E-state index in [4.69, 9.17) is 16.7 Å². The van der Waals surface area contributed by atoms with Crippen molar-refractivity contribution in [2.75, 3.05) is 0 Å². The normalized spacial score (nSPS) is 11.6. The van der Waals surface area contributed by atoms with Gasteiger partial charge >= 0.3 is 5.97 Å². The summed E-state index contributed by atoms with van der Waals surface area (Å²) in [5, 5.41) is 19.3. The molecule has 0 aliphatic rings. The van der Waals surface area contributed by atoms with Gasteiger partial charge in [-0.1, -0.05) is 29.8 Å². The fraction of sp³-hybridized carbons (Fsp3) is 0.0500. The molecule has 3 aromatic rings. The summed E-state index contributed by atoms with van der Waals surface area (Å²) in [7, 11) is 0. The minimum Gasteiger partial charge on any atom is -0.507 e. The number of carboxylic acid groups (broad SMARTS) is 1. The number of benzene rings is 2. The lowest BCUT2D eigenvalue weighted by atomic mass is 10.1. The van der Waals surface area contributed by atoms with Crippen molar-refractivity contribution < 1.29 is 24.2 Å². The number of carboxylic acids is 1. The van der Waals surface area contributed by atoms with E-state index in [0.29, 0.717) is 22.2 Å². The van der Waals surface area contributed by atoms with Crippen LogP contribution in [0.4, 0.5) is 4.39 Å². The minimum absolute atomic E-state index is 0.0109. The highest BCUT2D eigenvalue weighted by molar-refractivity contribution is 6.38. The summed E-state index contributed by atoms with van der Waals surface area (Å²) in [5.74, 6) is -4.41. The largest absolute Gasteiger partial charge is 0.507 e. The van der Waals surface area contributed by atoms with Crippen LogP contribution in [0.25, 0.3) is 16.7 Å². The van der Waals surface area contributed by atoms with E-state index in [1.165, 1.54) is 41.1 Å². The van der Waals surface area contributed by atoms with Crippen molar-refractivity contribution in [1.82, 2.24) is 4.57 Å². The maximum Gasteiger partial charge on any atom is 0.376 e. The standard InChI is InChI=1S/C20H13ClFNO5/c21-12-5-6-13-16(7-12)23(9-11-3-1-2-4-15(11)22)10-14(19(13)26)17(24)8-18(25)20(27)28/h1-8,10,24H,9H2,(H,27,28)/b17-8-. The van der Waals surface area contributed by atoms with Gasteiger partial charge in [0.15, 0.2) is 5.43 Å². The first-order valence-electron chi connectivity index (χ1n) is 8.02. The number of carbonyl (C=O) groups is 2. The number of ketones is 1. The van der Waals surface area contributed by atoms with Crippen molar-refractivity contribution in [3.63, 3.8) is 0 Å². The van der Waals surface area contributed by atoms with Gasteiger partial charge < -0.3 is 14.8 Å². The smallest absolute Gasteiger partial charge is 0.376 e. The highest BCUT2D eigenvalue weighted by Crippen LogP contribution is 2.21. The van der Waals surface area contributed by atoms with Crippen molar-refractivity contribution in [2.24, 2.45) is 0 Å². The van der Waals surface area contributed by atoms with Crippen molar-refractivity contribution in [3.05, 3.63) is 86.9 Å². The molecule has 8 heteroatoms. The fourth-order valence-electron chi connectivity index (χ4n) is 2.75. The Kier molecular flexibility index (Phi) is 5.28. The molecule has 0 aliphatic carbocycles. The number of hydrogen-bond acceptors (Lipinski definition) is 4. The van der Waals surface area contributed by atoms with Crippen molar-refractivity contribution in [3.8, 4) is 0 Å². The van der Waals surface area contributed by atoms with Crippen LogP contribution in [-0.4, -0.2) is 26.5 Å². The van der Waals surface area contributed by atoms with Crippen LogP contribution in [0.15, 0.2) is 59.5 Å². The molecule has 0 fully saturated rings. The van der Waals surface area contributed by atoms with Crippen LogP contribution in [0.2, 0.25) is 5.02 Å². The summed E-state index contributed by atoms with van der Waals surface area (Å²) in [6, 6.07) is 10.5.